The Morgan fingerprint density at radius 3 is 2.58 bits per heavy atom. The molecule has 0 radical (unpaired) electrons. The maximum Gasteiger partial charge on any atom is 0.490 e. The van der Waals surface area contributed by atoms with Gasteiger partial charge in [-0.15, -0.1) is 0 Å². The molecule has 2 aromatic carbocycles. The van der Waals surface area contributed by atoms with Gasteiger partial charge in [-0.3, -0.25) is 4.98 Å². The molecule has 2 N–H and O–H groups in total. The molecule has 5 heteroatoms. The monoisotopic (exact) mass is 317 g/mol. The maximum atomic E-state index is 9.67. The Kier molecular flexibility index (Phi) is 3.41. The van der Waals surface area contributed by atoms with Crippen LogP contribution in [0, 0.1) is 13.8 Å². The number of benzene rings is 2. The summed E-state index contributed by atoms with van der Waals surface area (Å²) < 4.78 is 6.05. The van der Waals surface area contributed by atoms with Gasteiger partial charge in [0, 0.05) is 33.6 Å². The van der Waals surface area contributed by atoms with Crippen molar-refractivity contribution in [2.24, 2.45) is 0 Å². The van der Waals surface area contributed by atoms with Gasteiger partial charge in [0.2, 0.25) is 0 Å². The topological polar surface area (TPSA) is 66.5 Å². The third kappa shape index (κ3) is 2.13. The third-order valence-corrected chi connectivity index (χ3v) is 4.46. The molecule has 0 saturated heterocycles. The first-order valence-electron chi connectivity index (χ1n) is 7.81. The van der Waals surface area contributed by atoms with Crippen LogP contribution in [0.5, 0.6) is 0 Å². The fourth-order valence-electron chi connectivity index (χ4n) is 3.38. The molecular weight excluding hydrogens is 301 g/mol. The molecule has 2 heterocycles. The van der Waals surface area contributed by atoms with E-state index < -0.39 is 7.12 Å². The summed E-state index contributed by atoms with van der Waals surface area (Å²) in [6.45, 7) is 3.99. The van der Waals surface area contributed by atoms with Crippen molar-refractivity contribution in [1.82, 2.24) is 4.98 Å². The highest BCUT2D eigenvalue weighted by Gasteiger charge is 2.22. The van der Waals surface area contributed by atoms with E-state index >= 15 is 0 Å². The number of para-hydroxylation sites is 1. The van der Waals surface area contributed by atoms with Crippen LogP contribution in [0.1, 0.15) is 11.1 Å². The highest BCUT2D eigenvalue weighted by molar-refractivity contribution is 6.60. The van der Waals surface area contributed by atoms with E-state index in [4.69, 9.17) is 4.42 Å². The average Bonchev–Trinajstić information content (AvgIpc) is 2.94. The number of pyridine rings is 1. The van der Waals surface area contributed by atoms with E-state index in [1.165, 1.54) is 0 Å². The number of hydrogen-bond acceptors (Lipinski definition) is 4. The number of fused-ring (bicyclic) bond motifs is 3. The van der Waals surface area contributed by atoms with Crippen LogP contribution < -0.4 is 5.46 Å². The highest BCUT2D eigenvalue weighted by Crippen LogP contribution is 2.37. The highest BCUT2D eigenvalue weighted by atomic mass is 16.4. The molecule has 0 bridgehead atoms. The van der Waals surface area contributed by atoms with Crippen LogP contribution in [-0.2, 0) is 0 Å². The molecule has 0 saturated carbocycles. The summed E-state index contributed by atoms with van der Waals surface area (Å²) in [6, 6.07) is 13.4. The van der Waals surface area contributed by atoms with Gasteiger partial charge >= 0.3 is 7.12 Å². The van der Waals surface area contributed by atoms with Crippen molar-refractivity contribution in [3.8, 4) is 11.3 Å². The van der Waals surface area contributed by atoms with Crippen LogP contribution in [0.3, 0.4) is 0 Å². The van der Waals surface area contributed by atoms with E-state index in [1.54, 1.807) is 18.3 Å². The predicted molar refractivity (Wildman–Crippen MR) is 96.3 cm³/mol. The Morgan fingerprint density at radius 1 is 1.00 bits per heavy atom. The zero-order valence-electron chi connectivity index (χ0n) is 13.4. The lowest BCUT2D eigenvalue weighted by Gasteiger charge is -2.13. The van der Waals surface area contributed by atoms with Gasteiger partial charge in [-0.05, 0) is 37.6 Å². The summed E-state index contributed by atoms with van der Waals surface area (Å²) >= 11 is 0. The number of aromatic nitrogens is 1. The SMILES string of the molecule is Cc1cc2c(oc3ccccc32)c(C)c1-c1ncccc1B(O)O. The van der Waals surface area contributed by atoms with E-state index in [-0.39, 0.29) is 0 Å². The first kappa shape index (κ1) is 14.9. The van der Waals surface area contributed by atoms with Crippen molar-refractivity contribution in [3.63, 3.8) is 0 Å². The van der Waals surface area contributed by atoms with Gasteiger partial charge in [0.05, 0.1) is 5.69 Å². The second kappa shape index (κ2) is 5.48. The summed E-state index contributed by atoms with van der Waals surface area (Å²) in [4.78, 5) is 4.39. The van der Waals surface area contributed by atoms with Crippen molar-refractivity contribution < 1.29 is 14.5 Å². The molecule has 24 heavy (non-hydrogen) atoms. The quantitative estimate of drug-likeness (QED) is 0.558. The second-order valence-electron chi connectivity index (χ2n) is 5.98. The number of nitrogens with zero attached hydrogens (tertiary/aromatic N) is 1. The minimum Gasteiger partial charge on any atom is -0.456 e. The Labute approximate surface area is 139 Å². The van der Waals surface area contributed by atoms with Crippen LogP contribution in [0.4, 0.5) is 0 Å². The molecule has 0 atom stereocenters. The number of rotatable bonds is 2. The van der Waals surface area contributed by atoms with Gasteiger partial charge in [-0.1, -0.05) is 24.3 Å². The summed E-state index contributed by atoms with van der Waals surface area (Å²) in [5.74, 6) is 0. The standard InChI is InChI=1S/C19H16BNO3/c1-11-10-14-13-6-3-4-8-16(13)24-19(14)12(2)17(11)18-15(20(22)23)7-5-9-21-18/h3-10,22-23H,1-2H3. The van der Waals surface area contributed by atoms with Crippen LogP contribution in [0.15, 0.2) is 53.1 Å². The minimum absolute atomic E-state index is 0.388. The molecule has 0 unspecified atom stereocenters. The van der Waals surface area contributed by atoms with Crippen molar-refractivity contribution in [1.29, 1.82) is 0 Å². The summed E-state index contributed by atoms with van der Waals surface area (Å²) in [5, 5.41) is 21.5. The fourth-order valence-corrected chi connectivity index (χ4v) is 3.38. The van der Waals surface area contributed by atoms with Crippen LogP contribution in [0.2, 0.25) is 0 Å². The van der Waals surface area contributed by atoms with Gasteiger partial charge in [-0.2, -0.15) is 0 Å². The molecule has 0 aliphatic carbocycles. The molecule has 4 nitrogen and oxygen atoms in total. The molecule has 4 rings (SSSR count). The normalized spacial score (nSPS) is 11.3. The van der Waals surface area contributed by atoms with Crippen LogP contribution in [0.25, 0.3) is 33.2 Å². The summed E-state index contributed by atoms with van der Waals surface area (Å²) in [5.41, 5.74) is 5.46. The molecule has 0 aliphatic heterocycles. The van der Waals surface area contributed by atoms with Gasteiger partial charge in [0.15, 0.2) is 0 Å². The molecule has 0 amide bonds. The number of hydrogen-bond donors (Lipinski definition) is 2. The number of aryl methyl sites for hydroxylation is 2. The molecule has 2 aromatic heterocycles. The van der Waals surface area contributed by atoms with E-state index in [9.17, 15) is 10.0 Å². The smallest absolute Gasteiger partial charge is 0.456 e. The van der Waals surface area contributed by atoms with E-state index in [1.807, 2.05) is 38.1 Å². The molecule has 4 aromatic rings. The van der Waals surface area contributed by atoms with Crippen molar-refractivity contribution >= 4 is 34.5 Å². The molecule has 0 aliphatic rings. The molecule has 118 valence electrons. The Hall–Kier alpha value is -2.63. The molecular formula is C19H16BNO3. The van der Waals surface area contributed by atoms with Crippen LogP contribution in [-0.4, -0.2) is 22.2 Å². The first-order valence-corrected chi connectivity index (χ1v) is 7.81. The Bertz CT molecular complexity index is 1070. The zero-order chi connectivity index (χ0) is 16.8. The van der Waals surface area contributed by atoms with Gasteiger partial charge < -0.3 is 14.5 Å². The first-order chi connectivity index (χ1) is 11.6. The van der Waals surface area contributed by atoms with Crippen molar-refractivity contribution in [2.75, 3.05) is 0 Å². The van der Waals surface area contributed by atoms with E-state index in [2.05, 4.69) is 11.1 Å². The Balaban J connectivity index is 2.09. The summed E-state index contributed by atoms with van der Waals surface area (Å²) in [7, 11) is -1.57. The lowest BCUT2D eigenvalue weighted by molar-refractivity contribution is 0.426. The van der Waals surface area contributed by atoms with E-state index in [0.717, 1.165) is 38.6 Å². The molecule has 0 spiro atoms. The average molecular weight is 317 g/mol. The largest absolute Gasteiger partial charge is 0.490 e. The van der Waals surface area contributed by atoms with Gasteiger partial charge in [-0.25, -0.2) is 0 Å². The second-order valence-corrected chi connectivity index (χ2v) is 5.98. The van der Waals surface area contributed by atoms with Gasteiger partial charge in [0.25, 0.3) is 0 Å². The lowest BCUT2D eigenvalue weighted by atomic mass is 9.76. The molecule has 0 fully saturated rings. The zero-order valence-corrected chi connectivity index (χ0v) is 13.4. The maximum absolute atomic E-state index is 9.67. The number of furan rings is 1. The van der Waals surface area contributed by atoms with Gasteiger partial charge in [0.1, 0.15) is 11.2 Å². The predicted octanol–water partition coefficient (Wildman–Crippen LogP) is 2.94. The third-order valence-electron chi connectivity index (χ3n) is 4.46. The minimum atomic E-state index is -1.57. The fraction of sp³-hybridized carbons (Fsp3) is 0.105. The van der Waals surface area contributed by atoms with Crippen molar-refractivity contribution in [3.05, 3.63) is 59.8 Å². The van der Waals surface area contributed by atoms with Crippen LogP contribution >= 0.6 is 0 Å². The van der Waals surface area contributed by atoms with Crippen molar-refractivity contribution in [2.45, 2.75) is 13.8 Å². The summed E-state index contributed by atoms with van der Waals surface area (Å²) in [6.07, 6.45) is 1.66. The Morgan fingerprint density at radius 2 is 1.79 bits per heavy atom. The van der Waals surface area contributed by atoms with E-state index in [0.29, 0.717) is 11.2 Å². The lowest BCUT2D eigenvalue weighted by Crippen LogP contribution is -2.32.